The monoisotopic (exact) mass is 216 g/mol. The van der Waals surface area contributed by atoms with Crippen LogP contribution in [-0.4, -0.2) is 24.4 Å². The Morgan fingerprint density at radius 2 is 2.50 bits per heavy atom. The highest BCUT2D eigenvalue weighted by molar-refractivity contribution is 6.17. The second-order valence-corrected chi connectivity index (χ2v) is 3.76. The molecular formula is C8H13ClN4O. The first-order chi connectivity index (χ1) is 6.77. The van der Waals surface area contributed by atoms with Crippen LogP contribution in [0.5, 0.6) is 0 Å². The molecule has 0 spiro atoms. The maximum atomic E-state index is 11.4. The number of rotatable bonds is 5. The van der Waals surface area contributed by atoms with E-state index in [0.29, 0.717) is 12.4 Å². The standard InChI is InChI=1S/C8H13ClN4O/c9-3-1-2-6-4-7(5-11-13-10)12-8(6)14/h6-7H,1-5H2,(H,12,14)/t6-,7+/m1/s1. The number of carbonyl (C=O) groups is 1. The summed E-state index contributed by atoms with van der Waals surface area (Å²) in [6, 6.07) is 0.0127. The Morgan fingerprint density at radius 3 is 3.14 bits per heavy atom. The van der Waals surface area contributed by atoms with E-state index in [9.17, 15) is 4.79 Å². The average Bonchev–Trinajstić information content (AvgIpc) is 2.53. The van der Waals surface area contributed by atoms with Crippen molar-refractivity contribution in [2.24, 2.45) is 11.0 Å². The highest BCUT2D eigenvalue weighted by Crippen LogP contribution is 2.20. The minimum absolute atomic E-state index is 0.0127. The fourth-order valence-corrected chi connectivity index (χ4v) is 1.81. The second kappa shape index (κ2) is 5.73. The van der Waals surface area contributed by atoms with Crippen molar-refractivity contribution in [2.75, 3.05) is 12.4 Å². The van der Waals surface area contributed by atoms with Gasteiger partial charge in [-0.25, -0.2) is 0 Å². The van der Waals surface area contributed by atoms with Gasteiger partial charge in [-0.2, -0.15) is 0 Å². The summed E-state index contributed by atoms with van der Waals surface area (Å²) >= 11 is 5.55. The molecule has 1 aliphatic rings. The van der Waals surface area contributed by atoms with E-state index in [0.717, 1.165) is 19.3 Å². The largest absolute Gasteiger partial charge is 0.353 e. The van der Waals surface area contributed by atoms with Gasteiger partial charge in [0.15, 0.2) is 0 Å². The molecule has 2 atom stereocenters. The van der Waals surface area contributed by atoms with Crippen LogP contribution in [0.1, 0.15) is 19.3 Å². The normalized spacial score (nSPS) is 25.6. The molecule has 0 aromatic rings. The molecule has 1 fully saturated rings. The van der Waals surface area contributed by atoms with Crippen molar-refractivity contribution < 1.29 is 4.79 Å². The number of alkyl halides is 1. The van der Waals surface area contributed by atoms with Gasteiger partial charge in [-0.1, -0.05) is 5.11 Å². The third-order valence-electron chi connectivity index (χ3n) is 2.34. The highest BCUT2D eigenvalue weighted by atomic mass is 35.5. The first kappa shape index (κ1) is 11.1. The minimum Gasteiger partial charge on any atom is -0.353 e. The maximum absolute atomic E-state index is 11.4. The first-order valence-corrected chi connectivity index (χ1v) is 5.18. The summed E-state index contributed by atoms with van der Waals surface area (Å²) in [5, 5.41) is 6.24. The summed E-state index contributed by atoms with van der Waals surface area (Å²) in [4.78, 5) is 14.0. The zero-order valence-corrected chi connectivity index (χ0v) is 8.57. The van der Waals surface area contributed by atoms with Crippen LogP contribution in [0.15, 0.2) is 5.11 Å². The molecule has 5 nitrogen and oxygen atoms in total. The number of amides is 1. The van der Waals surface area contributed by atoms with Crippen molar-refractivity contribution in [2.45, 2.75) is 25.3 Å². The van der Waals surface area contributed by atoms with Crippen LogP contribution in [0.25, 0.3) is 10.4 Å². The Kier molecular flexibility index (Phi) is 4.56. The SMILES string of the molecule is [N-]=[N+]=NC[C@@H]1C[C@@H](CCCCl)C(=O)N1. The van der Waals surface area contributed by atoms with Gasteiger partial charge in [0.25, 0.3) is 0 Å². The highest BCUT2D eigenvalue weighted by Gasteiger charge is 2.30. The van der Waals surface area contributed by atoms with Gasteiger partial charge in [0.2, 0.25) is 5.91 Å². The Balaban J connectivity index is 2.35. The summed E-state index contributed by atoms with van der Waals surface area (Å²) in [5.74, 6) is 0.700. The summed E-state index contributed by atoms with van der Waals surface area (Å²) < 4.78 is 0. The van der Waals surface area contributed by atoms with E-state index < -0.39 is 0 Å². The fourth-order valence-electron chi connectivity index (χ4n) is 1.66. The molecule has 0 saturated carbocycles. The van der Waals surface area contributed by atoms with Crippen molar-refractivity contribution in [1.82, 2.24) is 5.32 Å². The molecule has 0 aromatic heterocycles. The topological polar surface area (TPSA) is 77.9 Å². The van der Waals surface area contributed by atoms with Gasteiger partial charge in [0, 0.05) is 29.3 Å². The van der Waals surface area contributed by atoms with Gasteiger partial charge in [0.05, 0.1) is 0 Å². The predicted molar refractivity (Wildman–Crippen MR) is 54.0 cm³/mol. The van der Waals surface area contributed by atoms with Crippen molar-refractivity contribution in [3.8, 4) is 0 Å². The number of hydrogen-bond acceptors (Lipinski definition) is 2. The van der Waals surface area contributed by atoms with Gasteiger partial charge >= 0.3 is 0 Å². The zero-order chi connectivity index (χ0) is 10.4. The summed E-state index contributed by atoms with van der Waals surface area (Å²) in [7, 11) is 0. The number of carbonyl (C=O) groups excluding carboxylic acids is 1. The summed E-state index contributed by atoms with van der Waals surface area (Å²) in [6.07, 6.45) is 2.44. The molecular weight excluding hydrogens is 204 g/mol. The van der Waals surface area contributed by atoms with E-state index in [1.54, 1.807) is 0 Å². The van der Waals surface area contributed by atoms with Crippen LogP contribution in [0.3, 0.4) is 0 Å². The minimum atomic E-state index is 0.0127. The van der Waals surface area contributed by atoms with Gasteiger partial charge in [-0.15, -0.1) is 11.6 Å². The van der Waals surface area contributed by atoms with E-state index in [-0.39, 0.29) is 17.9 Å². The maximum Gasteiger partial charge on any atom is 0.223 e. The molecule has 0 radical (unpaired) electrons. The van der Waals surface area contributed by atoms with E-state index in [1.165, 1.54) is 0 Å². The first-order valence-electron chi connectivity index (χ1n) is 4.65. The quantitative estimate of drug-likeness (QED) is 0.324. The van der Waals surface area contributed by atoms with E-state index in [4.69, 9.17) is 17.1 Å². The van der Waals surface area contributed by atoms with Crippen molar-refractivity contribution in [3.05, 3.63) is 10.4 Å². The molecule has 1 rings (SSSR count). The Morgan fingerprint density at radius 1 is 1.71 bits per heavy atom. The lowest BCUT2D eigenvalue weighted by Crippen LogP contribution is -2.28. The molecule has 1 N–H and O–H groups in total. The molecule has 0 aromatic carbocycles. The molecule has 1 saturated heterocycles. The third kappa shape index (κ3) is 3.09. The molecule has 14 heavy (non-hydrogen) atoms. The van der Waals surface area contributed by atoms with Crippen LogP contribution in [0.2, 0.25) is 0 Å². The number of azide groups is 1. The fraction of sp³-hybridized carbons (Fsp3) is 0.875. The Bertz CT molecular complexity index is 252. The molecule has 1 amide bonds. The third-order valence-corrected chi connectivity index (χ3v) is 2.60. The Hall–Kier alpha value is -0.930. The van der Waals surface area contributed by atoms with Crippen LogP contribution in [-0.2, 0) is 4.79 Å². The lowest BCUT2D eigenvalue weighted by molar-refractivity contribution is -0.122. The second-order valence-electron chi connectivity index (χ2n) is 3.38. The average molecular weight is 217 g/mol. The van der Waals surface area contributed by atoms with Crippen molar-refractivity contribution in [1.29, 1.82) is 0 Å². The number of nitrogens with one attached hydrogen (secondary N) is 1. The molecule has 1 aliphatic heterocycles. The lowest BCUT2D eigenvalue weighted by atomic mass is 10.00. The lowest BCUT2D eigenvalue weighted by Gasteiger charge is -2.04. The van der Waals surface area contributed by atoms with Gasteiger partial charge in [-0.05, 0) is 24.8 Å². The molecule has 0 unspecified atom stereocenters. The molecule has 6 heteroatoms. The molecule has 0 bridgehead atoms. The molecule has 78 valence electrons. The van der Waals surface area contributed by atoms with Crippen LogP contribution in [0.4, 0.5) is 0 Å². The van der Waals surface area contributed by atoms with Gasteiger partial charge in [0.1, 0.15) is 0 Å². The number of hydrogen-bond donors (Lipinski definition) is 1. The predicted octanol–water partition coefficient (Wildman–Crippen LogP) is 1.82. The van der Waals surface area contributed by atoms with E-state index in [1.807, 2.05) is 0 Å². The smallest absolute Gasteiger partial charge is 0.223 e. The summed E-state index contributed by atoms with van der Waals surface area (Å²) in [5.41, 5.74) is 8.13. The summed E-state index contributed by atoms with van der Waals surface area (Å²) in [6.45, 7) is 0.347. The Labute approximate surface area is 87.4 Å². The van der Waals surface area contributed by atoms with Crippen molar-refractivity contribution >= 4 is 17.5 Å². The van der Waals surface area contributed by atoms with Crippen LogP contribution in [0, 0.1) is 5.92 Å². The number of halogens is 1. The van der Waals surface area contributed by atoms with E-state index in [2.05, 4.69) is 15.3 Å². The van der Waals surface area contributed by atoms with Crippen LogP contribution < -0.4 is 5.32 Å². The van der Waals surface area contributed by atoms with E-state index >= 15 is 0 Å². The van der Waals surface area contributed by atoms with Crippen molar-refractivity contribution in [3.63, 3.8) is 0 Å². The van der Waals surface area contributed by atoms with Gasteiger partial charge < -0.3 is 5.32 Å². The number of nitrogens with zero attached hydrogens (tertiary/aromatic N) is 3. The van der Waals surface area contributed by atoms with Gasteiger partial charge in [-0.3, -0.25) is 4.79 Å². The molecule has 1 heterocycles. The zero-order valence-electron chi connectivity index (χ0n) is 7.82. The molecule has 0 aliphatic carbocycles. The van der Waals surface area contributed by atoms with Crippen LogP contribution >= 0.6 is 11.6 Å².